The fourth-order valence-electron chi connectivity index (χ4n) is 3.60. The van der Waals surface area contributed by atoms with Gasteiger partial charge < -0.3 is 10.6 Å². The Morgan fingerprint density at radius 2 is 1.58 bits per heavy atom. The Bertz CT molecular complexity index is 1320. The third-order valence-corrected chi connectivity index (χ3v) is 5.77. The van der Waals surface area contributed by atoms with Crippen molar-refractivity contribution in [3.05, 3.63) is 82.7 Å². The van der Waals surface area contributed by atoms with Crippen molar-refractivity contribution in [1.29, 1.82) is 5.26 Å². The molecule has 0 aliphatic heterocycles. The van der Waals surface area contributed by atoms with Crippen LogP contribution in [0.2, 0.25) is 0 Å². The van der Waals surface area contributed by atoms with Crippen molar-refractivity contribution in [2.45, 2.75) is 53.9 Å². The van der Waals surface area contributed by atoms with Crippen LogP contribution < -0.4 is 10.6 Å². The van der Waals surface area contributed by atoms with Gasteiger partial charge in [0.25, 0.3) is 11.8 Å². The summed E-state index contributed by atoms with van der Waals surface area (Å²) in [6, 6.07) is 16.6. The molecule has 0 aliphatic carbocycles. The van der Waals surface area contributed by atoms with Gasteiger partial charge in [-0.15, -0.1) is 0 Å². The van der Waals surface area contributed by atoms with E-state index in [4.69, 9.17) is 0 Å². The Hall–Kier alpha value is -3.98. The molecule has 36 heavy (non-hydrogen) atoms. The van der Waals surface area contributed by atoms with E-state index in [2.05, 4.69) is 42.5 Å². The molecule has 0 fully saturated rings. The number of carbonyl (C=O) groups is 2. The molecule has 6 heteroatoms. The van der Waals surface area contributed by atoms with Gasteiger partial charge in [0.15, 0.2) is 0 Å². The van der Waals surface area contributed by atoms with Crippen molar-refractivity contribution in [1.82, 2.24) is 10.3 Å². The number of aryl methyl sites for hydroxylation is 1. The van der Waals surface area contributed by atoms with Crippen LogP contribution in [0.5, 0.6) is 0 Å². The molecule has 0 spiro atoms. The number of hydrogen-bond donors (Lipinski definition) is 2. The number of aromatic nitrogens is 1. The number of amides is 2. The van der Waals surface area contributed by atoms with Gasteiger partial charge in [-0.3, -0.25) is 14.6 Å². The Balaban J connectivity index is 1.82. The summed E-state index contributed by atoms with van der Waals surface area (Å²) in [5.41, 5.74) is 5.29. The van der Waals surface area contributed by atoms with Crippen LogP contribution in [0.25, 0.3) is 11.1 Å². The van der Waals surface area contributed by atoms with Gasteiger partial charge in [-0.25, -0.2) is 0 Å². The highest BCUT2D eigenvalue weighted by Gasteiger charge is 2.18. The van der Waals surface area contributed by atoms with E-state index in [1.54, 1.807) is 24.4 Å². The van der Waals surface area contributed by atoms with Crippen molar-refractivity contribution in [2.24, 2.45) is 5.41 Å². The number of carbonyl (C=O) groups excluding carboxylic acids is 2. The Morgan fingerprint density at radius 3 is 2.17 bits per heavy atom. The molecule has 3 aromatic rings. The summed E-state index contributed by atoms with van der Waals surface area (Å²) in [7, 11) is 0. The van der Waals surface area contributed by atoms with Crippen LogP contribution in [-0.4, -0.2) is 23.3 Å². The number of rotatable bonds is 5. The molecule has 2 N–H and O–H groups in total. The molecule has 0 radical (unpaired) electrons. The molecule has 0 saturated heterocycles. The lowest BCUT2D eigenvalue weighted by Crippen LogP contribution is -2.32. The van der Waals surface area contributed by atoms with E-state index in [0.29, 0.717) is 28.9 Å². The van der Waals surface area contributed by atoms with Crippen molar-refractivity contribution in [3.63, 3.8) is 0 Å². The molecule has 0 saturated carbocycles. The van der Waals surface area contributed by atoms with Crippen LogP contribution in [0, 0.1) is 23.7 Å². The van der Waals surface area contributed by atoms with E-state index in [1.165, 1.54) is 0 Å². The zero-order valence-electron chi connectivity index (χ0n) is 22.1. The van der Waals surface area contributed by atoms with Crippen LogP contribution in [0.4, 0.5) is 5.69 Å². The van der Waals surface area contributed by atoms with Gasteiger partial charge in [-0.1, -0.05) is 53.7 Å². The summed E-state index contributed by atoms with van der Waals surface area (Å²) in [6.07, 6.45) is 1.61. The molecule has 0 atom stereocenters. The molecule has 1 aromatic heterocycles. The topological polar surface area (TPSA) is 94.9 Å². The first-order chi connectivity index (χ1) is 16.8. The fourth-order valence-corrected chi connectivity index (χ4v) is 3.60. The molecule has 2 aromatic carbocycles. The Kier molecular flexibility index (Phi) is 7.64. The molecule has 6 nitrogen and oxygen atoms in total. The first-order valence-electron chi connectivity index (χ1n) is 12.0. The average Bonchev–Trinajstić information content (AvgIpc) is 2.82. The summed E-state index contributed by atoms with van der Waals surface area (Å²) in [4.78, 5) is 30.0. The van der Waals surface area contributed by atoms with E-state index in [1.807, 2.05) is 58.0 Å². The number of pyridine rings is 1. The van der Waals surface area contributed by atoms with Crippen LogP contribution in [-0.2, 0) is 5.41 Å². The lowest BCUT2D eigenvalue weighted by atomic mass is 9.85. The normalized spacial score (nSPS) is 11.5. The second kappa shape index (κ2) is 10.3. The Morgan fingerprint density at radius 1 is 0.917 bits per heavy atom. The summed E-state index contributed by atoms with van der Waals surface area (Å²) in [5.74, 6) is -0.415. The number of nitrogens with zero attached hydrogens (tertiary/aromatic N) is 2. The number of benzene rings is 2. The molecule has 0 bridgehead atoms. The number of nitrogens with one attached hydrogen (secondary N) is 2. The van der Waals surface area contributed by atoms with E-state index in [-0.39, 0.29) is 22.6 Å². The molecule has 0 unspecified atom stereocenters. The summed E-state index contributed by atoms with van der Waals surface area (Å²) >= 11 is 0. The predicted molar refractivity (Wildman–Crippen MR) is 144 cm³/mol. The van der Waals surface area contributed by atoms with E-state index >= 15 is 0 Å². The minimum Gasteiger partial charge on any atom is -0.352 e. The second-order valence-electron chi connectivity index (χ2n) is 11.3. The smallest absolute Gasteiger partial charge is 0.255 e. The third kappa shape index (κ3) is 6.79. The highest BCUT2D eigenvalue weighted by atomic mass is 16.2. The predicted octanol–water partition coefficient (Wildman–Crippen LogP) is 6.25. The largest absolute Gasteiger partial charge is 0.352 e. The number of hydrogen-bond acceptors (Lipinski definition) is 4. The molecule has 186 valence electrons. The third-order valence-electron chi connectivity index (χ3n) is 5.77. The minimum atomic E-state index is -0.305. The van der Waals surface area contributed by atoms with Crippen molar-refractivity contribution in [3.8, 4) is 17.2 Å². The van der Waals surface area contributed by atoms with Gasteiger partial charge in [-0.05, 0) is 65.3 Å². The fraction of sp³-hybridized carbons (Fsp3) is 0.333. The highest BCUT2D eigenvalue weighted by Crippen LogP contribution is 2.27. The quantitative estimate of drug-likeness (QED) is 0.449. The van der Waals surface area contributed by atoms with Gasteiger partial charge in [-0.2, -0.15) is 5.26 Å². The second-order valence-corrected chi connectivity index (χ2v) is 11.3. The zero-order chi connectivity index (χ0) is 26.7. The molecular formula is C30H34N4O2. The van der Waals surface area contributed by atoms with E-state index < -0.39 is 0 Å². The van der Waals surface area contributed by atoms with Gasteiger partial charge in [0, 0.05) is 28.9 Å². The zero-order valence-corrected chi connectivity index (χ0v) is 22.1. The van der Waals surface area contributed by atoms with E-state index in [9.17, 15) is 14.9 Å². The SMILES string of the molecule is Cc1ncc(NC(=O)c2cc(C#N)cc(C(C)(C)C)c2)cc1-c1ccc(C(=O)NCC(C)(C)C)cc1. The first-order valence-corrected chi connectivity index (χ1v) is 12.0. The van der Waals surface area contributed by atoms with Crippen LogP contribution in [0.3, 0.4) is 0 Å². The highest BCUT2D eigenvalue weighted by molar-refractivity contribution is 6.05. The summed E-state index contributed by atoms with van der Waals surface area (Å²) in [6.45, 7) is 14.8. The lowest BCUT2D eigenvalue weighted by molar-refractivity contribution is 0.0938. The van der Waals surface area contributed by atoms with Crippen LogP contribution in [0.1, 0.15) is 79.1 Å². The maximum absolute atomic E-state index is 13.1. The van der Waals surface area contributed by atoms with Crippen LogP contribution >= 0.6 is 0 Å². The number of anilines is 1. The van der Waals surface area contributed by atoms with Crippen molar-refractivity contribution in [2.75, 3.05) is 11.9 Å². The van der Waals surface area contributed by atoms with E-state index in [0.717, 1.165) is 22.4 Å². The number of nitriles is 1. The van der Waals surface area contributed by atoms with Gasteiger partial charge >= 0.3 is 0 Å². The summed E-state index contributed by atoms with van der Waals surface area (Å²) < 4.78 is 0. The molecule has 1 heterocycles. The molecule has 3 rings (SSSR count). The van der Waals surface area contributed by atoms with Crippen LogP contribution in [0.15, 0.2) is 54.7 Å². The minimum absolute atomic E-state index is 0.00743. The molecule has 2 amide bonds. The Labute approximate surface area is 213 Å². The molecule has 0 aliphatic rings. The first kappa shape index (κ1) is 26.6. The van der Waals surface area contributed by atoms with Crippen molar-refractivity contribution < 1.29 is 9.59 Å². The molecular weight excluding hydrogens is 448 g/mol. The monoisotopic (exact) mass is 482 g/mol. The van der Waals surface area contributed by atoms with Crippen molar-refractivity contribution >= 4 is 17.5 Å². The van der Waals surface area contributed by atoms with Gasteiger partial charge in [0.05, 0.1) is 23.5 Å². The van der Waals surface area contributed by atoms with Gasteiger partial charge in [0.1, 0.15) is 0 Å². The summed E-state index contributed by atoms with van der Waals surface area (Å²) in [5, 5.41) is 15.3. The lowest BCUT2D eigenvalue weighted by Gasteiger charge is -2.20. The van der Waals surface area contributed by atoms with Gasteiger partial charge in [0.2, 0.25) is 0 Å². The average molecular weight is 483 g/mol. The standard InChI is InChI=1S/C30H34N4O2/c1-19-26(21-8-10-22(11-9-21)27(35)33-18-29(2,3)4)15-25(17-32-19)34-28(36)23-12-20(16-31)13-24(14-23)30(5,6)7/h8-15,17H,18H2,1-7H3,(H,33,35)(H,34,36). The maximum atomic E-state index is 13.1. The maximum Gasteiger partial charge on any atom is 0.255 e.